The number of nitrogens with one attached hydrogen (secondary N) is 1. The molecule has 140 valence electrons. The molecule has 0 heterocycles. The van der Waals surface area contributed by atoms with Gasteiger partial charge in [0.1, 0.15) is 0 Å². The summed E-state index contributed by atoms with van der Waals surface area (Å²) in [6, 6.07) is 10.7. The van der Waals surface area contributed by atoms with Gasteiger partial charge in [0.05, 0.1) is 12.6 Å². The van der Waals surface area contributed by atoms with E-state index in [1.165, 1.54) is 11.0 Å². The molecule has 4 nitrogen and oxygen atoms in total. The molecule has 1 unspecified atom stereocenters. The summed E-state index contributed by atoms with van der Waals surface area (Å²) in [5, 5.41) is 2.86. The zero-order chi connectivity index (χ0) is 19.1. The SMILES string of the molecule is CCOCc1ccccc1CNC(=O)N(C)C(C)c1ccc(F)c(F)c1. The molecule has 0 radical (unpaired) electrons. The molecule has 0 aliphatic heterocycles. The van der Waals surface area contributed by atoms with E-state index in [-0.39, 0.29) is 6.03 Å². The molecule has 0 fully saturated rings. The highest BCUT2D eigenvalue weighted by molar-refractivity contribution is 5.74. The number of rotatable bonds is 7. The molecule has 1 N–H and O–H groups in total. The topological polar surface area (TPSA) is 41.6 Å². The minimum atomic E-state index is -0.923. The maximum atomic E-state index is 13.4. The van der Waals surface area contributed by atoms with Gasteiger partial charge in [0.15, 0.2) is 11.6 Å². The summed E-state index contributed by atoms with van der Waals surface area (Å²) >= 11 is 0. The summed E-state index contributed by atoms with van der Waals surface area (Å²) in [7, 11) is 1.62. The lowest BCUT2D eigenvalue weighted by atomic mass is 10.1. The number of ether oxygens (including phenoxy) is 1. The van der Waals surface area contributed by atoms with Crippen molar-refractivity contribution in [2.24, 2.45) is 0 Å². The number of halogens is 2. The Hall–Kier alpha value is -2.47. The van der Waals surface area contributed by atoms with Gasteiger partial charge in [0.25, 0.3) is 0 Å². The Bertz CT molecular complexity index is 752. The van der Waals surface area contributed by atoms with E-state index < -0.39 is 17.7 Å². The van der Waals surface area contributed by atoms with Crippen LogP contribution in [-0.2, 0) is 17.9 Å². The van der Waals surface area contributed by atoms with Gasteiger partial charge in [-0.3, -0.25) is 0 Å². The molecule has 0 aromatic heterocycles. The minimum Gasteiger partial charge on any atom is -0.377 e. The third-order valence-electron chi connectivity index (χ3n) is 4.34. The standard InChI is InChI=1S/C20H24F2N2O2/c1-4-26-13-17-8-6-5-7-16(17)12-23-20(25)24(3)14(2)15-9-10-18(21)19(22)11-15/h5-11,14H,4,12-13H2,1-3H3,(H,23,25). The van der Waals surface area contributed by atoms with Crippen LogP contribution in [0.4, 0.5) is 13.6 Å². The number of carbonyl (C=O) groups excluding carboxylic acids is 1. The number of carbonyl (C=O) groups is 1. The van der Waals surface area contributed by atoms with Crippen molar-refractivity contribution >= 4 is 6.03 Å². The summed E-state index contributed by atoms with van der Waals surface area (Å²) in [5.41, 5.74) is 2.52. The third-order valence-corrected chi connectivity index (χ3v) is 4.34. The fourth-order valence-electron chi connectivity index (χ4n) is 2.55. The van der Waals surface area contributed by atoms with Gasteiger partial charge in [-0.05, 0) is 42.7 Å². The quantitative estimate of drug-likeness (QED) is 0.793. The first-order chi connectivity index (χ1) is 12.4. The van der Waals surface area contributed by atoms with Crippen LogP contribution in [0.5, 0.6) is 0 Å². The van der Waals surface area contributed by atoms with Crippen LogP contribution in [0.2, 0.25) is 0 Å². The monoisotopic (exact) mass is 362 g/mol. The van der Waals surface area contributed by atoms with Crippen molar-refractivity contribution in [3.05, 3.63) is 70.8 Å². The summed E-state index contributed by atoms with van der Waals surface area (Å²) in [5.74, 6) is -1.83. The maximum Gasteiger partial charge on any atom is 0.317 e. The lowest BCUT2D eigenvalue weighted by molar-refractivity contribution is 0.133. The summed E-state index contributed by atoms with van der Waals surface area (Å²) < 4.78 is 31.9. The Morgan fingerprint density at radius 3 is 2.50 bits per heavy atom. The fraction of sp³-hybridized carbons (Fsp3) is 0.350. The second-order valence-electron chi connectivity index (χ2n) is 6.02. The summed E-state index contributed by atoms with van der Waals surface area (Å²) in [6.45, 7) is 5.16. The van der Waals surface area contributed by atoms with E-state index in [4.69, 9.17) is 4.74 Å². The summed E-state index contributed by atoms with van der Waals surface area (Å²) in [4.78, 5) is 13.9. The largest absolute Gasteiger partial charge is 0.377 e. The van der Waals surface area contributed by atoms with E-state index in [0.29, 0.717) is 25.3 Å². The fourth-order valence-corrected chi connectivity index (χ4v) is 2.55. The number of benzene rings is 2. The molecule has 0 aliphatic carbocycles. The Morgan fingerprint density at radius 1 is 1.15 bits per heavy atom. The molecule has 2 aromatic carbocycles. The lowest BCUT2D eigenvalue weighted by Crippen LogP contribution is -2.38. The summed E-state index contributed by atoms with van der Waals surface area (Å²) in [6.07, 6.45) is 0. The predicted molar refractivity (Wildman–Crippen MR) is 96.5 cm³/mol. The van der Waals surface area contributed by atoms with Crippen LogP contribution in [-0.4, -0.2) is 24.6 Å². The molecular weight excluding hydrogens is 338 g/mol. The highest BCUT2D eigenvalue weighted by Gasteiger charge is 2.18. The van der Waals surface area contributed by atoms with Crippen molar-refractivity contribution in [1.82, 2.24) is 10.2 Å². The van der Waals surface area contributed by atoms with Crippen molar-refractivity contribution in [1.29, 1.82) is 0 Å². The van der Waals surface area contributed by atoms with Gasteiger partial charge in [0.2, 0.25) is 0 Å². The average Bonchev–Trinajstić information content (AvgIpc) is 2.66. The highest BCUT2D eigenvalue weighted by Crippen LogP contribution is 2.21. The average molecular weight is 362 g/mol. The number of amides is 2. The van der Waals surface area contributed by atoms with Crippen molar-refractivity contribution in [3.63, 3.8) is 0 Å². The minimum absolute atomic E-state index is 0.298. The van der Waals surface area contributed by atoms with E-state index in [0.717, 1.165) is 23.3 Å². The number of urea groups is 1. The highest BCUT2D eigenvalue weighted by atomic mass is 19.2. The van der Waals surface area contributed by atoms with Crippen molar-refractivity contribution in [2.75, 3.05) is 13.7 Å². The van der Waals surface area contributed by atoms with Gasteiger partial charge < -0.3 is 15.0 Å². The van der Waals surface area contributed by atoms with Gasteiger partial charge in [-0.2, -0.15) is 0 Å². The Kier molecular flexibility index (Phi) is 7.09. The van der Waals surface area contributed by atoms with Crippen molar-refractivity contribution < 1.29 is 18.3 Å². The smallest absolute Gasteiger partial charge is 0.317 e. The Labute approximate surface area is 152 Å². The van der Waals surface area contributed by atoms with E-state index in [1.54, 1.807) is 14.0 Å². The molecule has 0 spiro atoms. The zero-order valence-electron chi connectivity index (χ0n) is 15.3. The van der Waals surface area contributed by atoms with Crippen molar-refractivity contribution in [3.8, 4) is 0 Å². The first-order valence-corrected chi connectivity index (χ1v) is 8.54. The predicted octanol–water partition coefficient (Wildman–Crippen LogP) is 4.40. The van der Waals surface area contributed by atoms with E-state index in [2.05, 4.69) is 5.32 Å². The molecule has 0 aliphatic rings. The molecular formula is C20H24F2N2O2. The Morgan fingerprint density at radius 2 is 1.85 bits per heavy atom. The second kappa shape index (κ2) is 9.29. The Balaban J connectivity index is 2.00. The third kappa shape index (κ3) is 5.02. The molecule has 2 amide bonds. The molecule has 26 heavy (non-hydrogen) atoms. The molecule has 0 bridgehead atoms. The van der Waals surface area contributed by atoms with Gasteiger partial charge in [-0.25, -0.2) is 13.6 Å². The van der Waals surface area contributed by atoms with Crippen molar-refractivity contribution in [2.45, 2.75) is 33.0 Å². The first-order valence-electron chi connectivity index (χ1n) is 8.54. The first kappa shape index (κ1) is 19.8. The number of hydrogen-bond acceptors (Lipinski definition) is 2. The van der Waals surface area contributed by atoms with E-state index in [1.807, 2.05) is 31.2 Å². The van der Waals surface area contributed by atoms with Gasteiger partial charge in [-0.15, -0.1) is 0 Å². The number of nitrogens with zero attached hydrogens (tertiary/aromatic N) is 1. The number of hydrogen-bond donors (Lipinski definition) is 1. The second-order valence-corrected chi connectivity index (χ2v) is 6.02. The van der Waals surface area contributed by atoms with E-state index >= 15 is 0 Å². The van der Waals surface area contributed by atoms with Crippen LogP contribution in [0.1, 0.15) is 36.6 Å². The molecule has 1 atom stereocenters. The molecule has 0 saturated carbocycles. The zero-order valence-corrected chi connectivity index (χ0v) is 15.3. The normalized spacial score (nSPS) is 11.9. The maximum absolute atomic E-state index is 13.4. The van der Waals surface area contributed by atoms with Crippen LogP contribution in [0, 0.1) is 11.6 Å². The lowest BCUT2D eigenvalue weighted by Gasteiger charge is -2.26. The van der Waals surface area contributed by atoms with Gasteiger partial charge in [0, 0.05) is 20.2 Å². The van der Waals surface area contributed by atoms with Crippen LogP contribution in [0.15, 0.2) is 42.5 Å². The van der Waals surface area contributed by atoms with Crippen LogP contribution in [0.25, 0.3) is 0 Å². The molecule has 2 rings (SSSR count). The molecule has 6 heteroatoms. The van der Waals surface area contributed by atoms with Crippen LogP contribution in [0.3, 0.4) is 0 Å². The van der Waals surface area contributed by atoms with Gasteiger partial charge in [-0.1, -0.05) is 30.3 Å². The van der Waals surface area contributed by atoms with Crippen LogP contribution < -0.4 is 5.32 Å². The van der Waals surface area contributed by atoms with Crippen LogP contribution >= 0.6 is 0 Å². The van der Waals surface area contributed by atoms with E-state index in [9.17, 15) is 13.6 Å². The molecule has 2 aromatic rings. The molecule has 0 saturated heterocycles. The van der Waals surface area contributed by atoms with Gasteiger partial charge >= 0.3 is 6.03 Å².